The number of carbonyl (C=O) groups excluding carboxylic acids is 1. The molecule has 0 saturated carbocycles. The second-order valence-electron chi connectivity index (χ2n) is 7.37. The van der Waals surface area contributed by atoms with Crippen molar-refractivity contribution in [2.24, 2.45) is 0 Å². The van der Waals surface area contributed by atoms with Crippen molar-refractivity contribution in [1.29, 1.82) is 0 Å². The lowest BCUT2D eigenvalue weighted by Crippen LogP contribution is -2.50. The van der Waals surface area contributed by atoms with E-state index in [0.717, 1.165) is 16.9 Å². The third kappa shape index (κ3) is 4.58. The Balaban J connectivity index is 2.17. The van der Waals surface area contributed by atoms with Crippen LogP contribution in [0.2, 0.25) is 0 Å². The van der Waals surface area contributed by atoms with Gasteiger partial charge in [-0.15, -0.1) is 0 Å². The van der Waals surface area contributed by atoms with E-state index in [1.807, 2.05) is 86.0 Å². The van der Waals surface area contributed by atoms with Crippen LogP contribution in [0.5, 0.6) is 11.5 Å². The number of thiocarbonyl (C=S) groups is 1. The number of nitrogens with one attached hydrogen (secondary N) is 1. The number of hydrogen-bond donors (Lipinski definition) is 1. The molecular formula is C25H31N3O3S. The molecule has 0 saturated heterocycles. The molecule has 6 nitrogen and oxygen atoms in total. The van der Waals surface area contributed by atoms with Gasteiger partial charge in [0.05, 0.1) is 25.3 Å². The molecule has 0 unspecified atom stereocenters. The molecule has 7 heteroatoms. The number of hydrogen-bond acceptors (Lipinski definition) is 4. The summed E-state index contributed by atoms with van der Waals surface area (Å²) < 4.78 is 11.2. The van der Waals surface area contributed by atoms with E-state index < -0.39 is 6.04 Å². The Labute approximate surface area is 195 Å². The maximum absolute atomic E-state index is 13.7. The molecule has 1 aliphatic rings. The quantitative estimate of drug-likeness (QED) is 0.586. The lowest BCUT2D eigenvalue weighted by Gasteiger charge is -2.39. The fourth-order valence-corrected chi connectivity index (χ4v) is 4.34. The molecule has 0 bridgehead atoms. The van der Waals surface area contributed by atoms with E-state index in [1.54, 1.807) is 7.11 Å². The standard InChI is InChI=1S/C25H31N3O3S/c1-6-27(7-2)24(29)22-17(4)28(19-12-10-9-11-13-19)25(32)26-23(22)18-14-15-20(30-5)21(16-18)31-8-3/h9-16,23H,6-8H2,1-5H3,(H,26,32)/t23-/m1/s1. The van der Waals surface area contributed by atoms with Crippen LogP contribution < -0.4 is 19.7 Å². The van der Waals surface area contributed by atoms with Gasteiger partial charge in [-0.25, -0.2) is 0 Å². The van der Waals surface area contributed by atoms with E-state index in [4.69, 9.17) is 21.7 Å². The molecule has 32 heavy (non-hydrogen) atoms. The topological polar surface area (TPSA) is 54.0 Å². The minimum absolute atomic E-state index is 0.0118. The van der Waals surface area contributed by atoms with Gasteiger partial charge >= 0.3 is 0 Å². The molecule has 1 heterocycles. The Morgan fingerprint density at radius 2 is 1.78 bits per heavy atom. The maximum atomic E-state index is 13.7. The number of rotatable bonds is 8. The molecule has 1 aliphatic heterocycles. The third-order valence-electron chi connectivity index (χ3n) is 5.60. The fourth-order valence-electron chi connectivity index (χ4n) is 3.98. The van der Waals surface area contributed by atoms with Crippen molar-refractivity contribution in [3.63, 3.8) is 0 Å². The molecule has 0 radical (unpaired) electrons. The SMILES string of the molecule is CCOc1cc([C@H]2NC(=S)N(c3ccccc3)C(C)=C2C(=O)N(CC)CC)ccc1OC. The zero-order valence-electron chi connectivity index (χ0n) is 19.3. The van der Waals surface area contributed by atoms with Crippen LogP contribution in [0.15, 0.2) is 59.8 Å². The Kier molecular flexibility index (Phi) is 7.75. The second-order valence-corrected chi connectivity index (χ2v) is 7.76. The monoisotopic (exact) mass is 453 g/mol. The van der Waals surface area contributed by atoms with Crippen LogP contribution in [0.1, 0.15) is 39.3 Å². The number of ether oxygens (including phenoxy) is 2. The number of allylic oxidation sites excluding steroid dienone is 1. The smallest absolute Gasteiger partial charge is 0.253 e. The lowest BCUT2D eigenvalue weighted by atomic mass is 9.93. The summed E-state index contributed by atoms with van der Waals surface area (Å²) in [6.07, 6.45) is 0. The summed E-state index contributed by atoms with van der Waals surface area (Å²) in [5.41, 5.74) is 3.28. The van der Waals surface area contributed by atoms with E-state index in [-0.39, 0.29) is 5.91 Å². The van der Waals surface area contributed by atoms with Crippen LogP contribution in [0.3, 0.4) is 0 Å². The predicted octanol–water partition coefficient (Wildman–Crippen LogP) is 4.67. The first-order valence-electron chi connectivity index (χ1n) is 10.9. The first-order valence-corrected chi connectivity index (χ1v) is 11.3. The molecule has 3 rings (SSSR count). The van der Waals surface area contributed by atoms with Crippen LogP contribution in [0.4, 0.5) is 5.69 Å². The summed E-state index contributed by atoms with van der Waals surface area (Å²) in [4.78, 5) is 17.4. The van der Waals surface area contributed by atoms with E-state index >= 15 is 0 Å². The number of para-hydroxylation sites is 1. The van der Waals surface area contributed by atoms with Gasteiger partial charge in [0.15, 0.2) is 16.6 Å². The maximum Gasteiger partial charge on any atom is 0.253 e. The number of nitrogens with zero attached hydrogens (tertiary/aromatic N) is 2. The zero-order chi connectivity index (χ0) is 23.3. The van der Waals surface area contributed by atoms with E-state index in [9.17, 15) is 4.79 Å². The highest BCUT2D eigenvalue weighted by molar-refractivity contribution is 7.80. The van der Waals surface area contributed by atoms with Crippen LogP contribution in [0.25, 0.3) is 0 Å². The van der Waals surface area contributed by atoms with Crippen LogP contribution in [0, 0.1) is 0 Å². The van der Waals surface area contributed by atoms with Gasteiger partial charge in [-0.2, -0.15) is 0 Å². The second kappa shape index (κ2) is 10.5. The molecule has 0 aliphatic carbocycles. The highest BCUT2D eigenvalue weighted by Crippen LogP contribution is 2.37. The van der Waals surface area contributed by atoms with Crippen molar-refractivity contribution in [3.05, 3.63) is 65.4 Å². The predicted molar refractivity (Wildman–Crippen MR) is 132 cm³/mol. The lowest BCUT2D eigenvalue weighted by molar-refractivity contribution is -0.127. The minimum Gasteiger partial charge on any atom is -0.493 e. The number of anilines is 1. The van der Waals surface area contributed by atoms with Crippen molar-refractivity contribution in [3.8, 4) is 11.5 Å². The number of amides is 1. The van der Waals surface area contributed by atoms with Gasteiger partial charge in [-0.1, -0.05) is 24.3 Å². The van der Waals surface area contributed by atoms with Crippen molar-refractivity contribution in [1.82, 2.24) is 10.2 Å². The van der Waals surface area contributed by atoms with Gasteiger partial charge in [0.2, 0.25) is 0 Å². The van der Waals surface area contributed by atoms with Gasteiger partial charge in [0.25, 0.3) is 5.91 Å². The molecule has 0 aromatic heterocycles. The van der Waals surface area contributed by atoms with Crippen LogP contribution >= 0.6 is 12.2 Å². The Bertz CT molecular complexity index is 1000. The largest absolute Gasteiger partial charge is 0.493 e. The van der Waals surface area contributed by atoms with Crippen molar-refractivity contribution >= 4 is 28.9 Å². The summed E-state index contributed by atoms with van der Waals surface area (Å²) in [7, 11) is 1.61. The number of benzene rings is 2. The highest BCUT2D eigenvalue weighted by atomic mass is 32.1. The first kappa shape index (κ1) is 23.6. The molecule has 2 aromatic rings. The van der Waals surface area contributed by atoms with Crippen LogP contribution in [-0.2, 0) is 4.79 Å². The number of likely N-dealkylation sites (N-methyl/N-ethyl adjacent to an activating group) is 1. The molecule has 0 fully saturated rings. The Morgan fingerprint density at radius 3 is 2.38 bits per heavy atom. The van der Waals surface area contributed by atoms with Gasteiger partial charge < -0.3 is 19.7 Å². The average molecular weight is 454 g/mol. The van der Waals surface area contributed by atoms with E-state index in [1.165, 1.54) is 0 Å². The van der Waals surface area contributed by atoms with Crippen molar-refractivity contribution < 1.29 is 14.3 Å². The molecule has 0 spiro atoms. The average Bonchev–Trinajstić information content (AvgIpc) is 2.80. The molecule has 1 amide bonds. The molecular weight excluding hydrogens is 422 g/mol. The van der Waals surface area contributed by atoms with Crippen molar-refractivity contribution in [2.75, 3.05) is 31.7 Å². The van der Waals surface area contributed by atoms with Gasteiger partial charge in [-0.05, 0) is 69.7 Å². The summed E-state index contributed by atoms with van der Waals surface area (Å²) >= 11 is 5.76. The Morgan fingerprint density at radius 1 is 1.09 bits per heavy atom. The molecule has 1 N–H and O–H groups in total. The van der Waals surface area contributed by atoms with Gasteiger partial charge in [0.1, 0.15) is 0 Å². The van der Waals surface area contributed by atoms with E-state index in [2.05, 4.69) is 5.32 Å². The molecule has 1 atom stereocenters. The van der Waals surface area contributed by atoms with Gasteiger partial charge in [-0.3, -0.25) is 9.69 Å². The molecule has 2 aromatic carbocycles. The summed E-state index contributed by atoms with van der Waals surface area (Å²) in [6.45, 7) is 9.63. The number of carbonyl (C=O) groups is 1. The minimum atomic E-state index is -0.402. The fraction of sp³-hybridized carbons (Fsp3) is 0.360. The zero-order valence-corrected chi connectivity index (χ0v) is 20.2. The normalized spacial score (nSPS) is 16.0. The third-order valence-corrected chi connectivity index (χ3v) is 5.90. The summed E-state index contributed by atoms with van der Waals surface area (Å²) in [5, 5.41) is 3.95. The summed E-state index contributed by atoms with van der Waals surface area (Å²) in [5.74, 6) is 1.28. The van der Waals surface area contributed by atoms with Gasteiger partial charge in [0, 0.05) is 24.5 Å². The molecule has 170 valence electrons. The van der Waals surface area contributed by atoms with E-state index in [0.29, 0.717) is 41.9 Å². The highest BCUT2D eigenvalue weighted by Gasteiger charge is 2.36. The van der Waals surface area contributed by atoms with Crippen LogP contribution in [-0.4, -0.2) is 42.7 Å². The number of methoxy groups -OCH3 is 1. The summed E-state index contributed by atoms with van der Waals surface area (Å²) in [6, 6.07) is 15.2. The Hall–Kier alpha value is -3.06. The van der Waals surface area contributed by atoms with Crippen molar-refractivity contribution in [2.45, 2.75) is 33.7 Å². The first-order chi connectivity index (χ1) is 15.5.